The quantitative estimate of drug-likeness (QED) is 0.827. The van der Waals surface area contributed by atoms with Gasteiger partial charge in [-0.25, -0.2) is 9.97 Å². The van der Waals surface area contributed by atoms with E-state index in [1.54, 1.807) is 19.5 Å². The molecule has 6 heteroatoms. The Hall–Kier alpha value is -2.37. The van der Waals surface area contributed by atoms with Crippen molar-refractivity contribution in [3.63, 3.8) is 0 Å². The molecule has 0 saturated carbocycles. The fourth-order valence-electron chi connectivity index (χ4n) is 2.33. The Morgan fingerprint density at radius 3 is 2.70 bits per heavy atom. The molecule has 1 saturated heterocycles. The maximum absolute atomic E-state index is 11.3. The van der Waals surface area contributed by atoms with Crippen LogP contribution in [0.25, 0.3) is 11.5 Å². The molecule has 1 amide bonds. The second-order valence-corrected chi connectivity index (χ2v) is 4.73. The van der Waals surface area contributed by atoms with E-state index in [9.17, 15) is 4.79 Å². The number of amides is 1. The molecule has 6 nitrogen and oxygen atoms in total. The molecule has 104 valence electrons. The van der Waals surface area contributed by atoms with Crippen molar-refractivity contribution >= 4 is 11.7 Å². The van der Waals surface area contributed by atoms with Gasteiger partial charge in [0.05, 0.1) is 6.26 Å². The van der Waals surface area contributed by atoms with Gasteiger partial charge in [0.1, 0.15) is 17.8 Å². The second-order valence-electron chi connectivity index (χ2n) is 4.73. The van der Waals surface area contributed by atoms with Gasteiger partial charge < -0.3 is 14.2 Å². The van der Waals surface area contributed by atoms with Crippen LogP contribution in [0.4, 0.5) is 5.82 Å². The third-order valence-electron chi connectivity index (χ3n) is 3.48. The standard InChI is InChI=1S/C14H16N4O2/c1-11(19)17-4-6-18(7-5-17)14-9-12(15-10-16-14)13-3-2-8-20-13/h2-3,8-10H,4-7H2,1H3. The van der Waals surface area contributed by atoms with Gasteiger partial charge in [0.15, 0.2) is 5.76 Å². The molecule has 1 fully saturated rings. The molecule has 3 rings (SSSR count). The van der Waals surface area contributed by atoms with Crippen LogP contribution in [0.3, 0.4) is 0 Å². The van der Waals surface area contributed by atoms with E-state index in [-0.39, 0.29) is 5.91 Å². The molecule has 0 aromatic carbocycles. The van der Waals surface area contributed by atoms with Crippen molar-refractivity contribution in [2.24, 2.45) is 0 Å². The number of carbonyl (C=O) groups is 1. The van der Waals surface area contributed by atoms with E-state index in [1.807, 2.05) is 23.1 Å². The number of rotatable bonds is 2. The first-order valence-electron chi connectivity index (χ1n) is 6.60. The Labute approximate surface area is 117 Å². The molecule has 0 bridgehead atoms. The largest absolute Gasteiger partial charge is 0.463 e. The zero-order chi connectivity index (χ0) is 13.9. The monoisotopic (exact) mass is 272 g/mol. The van der Waals surface area contributed by atoms with Crippen molar-refractivity contribution in [3.8, 4) is 11.5 Å². The van der Waals surface area contributed by atoms with Crippen molar-refractivity contribution in [2.45, 2.75) is 6.92 Å². The van der Waals surface area contributed by atoms with Crippen LogP contribution in [0.5, 0.6) is 0 Å². The molecule has 0 unspecified atom stereocenters. The van der Waals surface area contributed by atoms with Crippen molar-refractivity contribution < 1.29 is 9.21 Å². The highest BCUT2D eigenvalue weighted by Gasteiger charge is 2.20. The third-order valence-corrected chi connectivity index (χ3v) is 3.48. The summed E-state index contributed by atoms with van der Waals surface area (Å²) >= 11 is 0. The summed E-state index contributed by atoms with van der Waals surface area (Å²) in [5.74, 6) is 1.73. The average Bonchev–Trinajstić information content (AvgIpc) is 3.02. The first kappa shape index (κ1) is 12.7. The maximum Gasteiger partial charge on any atom is 0.219 e. The molecule has 0 spiro atoms. The SMILES string of the molecule is CC(=O)N1CCN(c2cc(-c3ccco3)ncn2)CC1. The first-order valence-corrected chi connectivity index (χ1v) is 6.60. The Balaban J connectivity index is 1.75. The summed E-state index contributed by atoms with van der Waals surface area (Å²) in [6.45, 7) is 4.64. The van der Waals surface area contributed by atoms with Crippen molar-refractivity contribution in [1.29, 1.82) is 0 Å². The van der Waals surface area contributed by atoms with E-state index in [2.05, 4.69) is 14.9 Å². The topological polar surface area (TPSA) is 62.5 Å². The lowest BCUT2D eigenvalue weighted by molar-refractivity contribution is -0.129. The highest BCUT2D eigenvalue weighted by atomic mass is 16.3. The lowest BCUT2D eigenvalue weighted by Crippen LogP contribution is -2.48. The highest BCUT2D eigenvalue weighted by Crippen LogP contribution is 2.21. The van der Waals surface area contributed by atoms with Crippen LogP contribution in [0.15, 0.2) is 35.2 Å². The molecular weight excluding hydrogens is 256 g/mol. The van der Waals surface area contributed by atoms with Crippen molar-refractivity contribution in [1.82, 2.24) is 14.9 Å². The Morgan fingerprint density at radius 2 is 2.05 bits per heavy atom. The van der Waals surface area contributed by atoms with E-state index in [0.717, 1.165) is 43.5 Å². The molecule has 0 atom stereocenters. The predicted octanol–water partition coefficient (Wildman–Crippen LogP) is 1.41. The van der Waals surface area contributed by atoms with Gasteiger partial charge in [0.2, 0.25) is 5.91 Å². The molecular formula is C14H16N4O2. The Bertz CT molecular complexity index is 589. The first-order chi connectivity index (χ1) is 9.74. The van der Waals surface area contributed by atoms with Gasteiger partial charge in [-0.1, -0.05) is 0 Å². The van der Waals surface area contributed by atoms with Gasteiger partial charge in [-0.15, -0.1) is 0 Å². The Kier molecular flexibility index (Phi) is 3.37. The summed E-state index contributed by atoms with van der Waals surface area (Å²) in [7, 11) is 0. The van der Waals surface area contributed by atoms with Crippen LogP contribution in [0.1, 0.15) is 6.92 Å². The van der Waals surface area contributed by atoms with E-state index >= 15 is 0 Å². The maximum atomic E-state index is 11.3. The minimum absolute atomic E-state index is 0.128. The third kappa shape index (κ3) is 2.49. The van der Waals surface area contributed by atoms with Crippen molar-refractivity contribution in [2.75, 3.05) is 31.1 Å². The normalized spacial score (nSPS) is 15.4. The summed E-state index contributed by atoms with van der Waals surface area (Å²) in [5, 5.41) is 0. The van der Waals surface area contributed by atoms with Gasteiger partial charge in [0, 0.05) is 39.2 Å². The van der Waals surface area contributed by atoms with E-state index in [0.29, 0.717) is 0 Å². The second kappa shape index (κ2) is 5.32. The molecule has 2 aromatic heterocycles. The summed E-state index contributed by atoms with van der Waals surface area (Å²) in [6, 6.07) is 5.63. The highest BCUT2D eigenvalue weighted by molar-refractivity contribution is 5.73. The number of hydrogen-bond donors (Lipinski definition) is 0. The number of nitrogens with zero attached hydrogens (tertiary/aromatic N) is 4. The Morgan fingerprint density at radius 1 is 1.25 bits per heavy atom. The minimum atomic E-state index is 0.128. The summed E-state index contributed by atoms with van der Waals surface area (Å²) in [6.07, 6.45) is 3.17. The predicted molar refractivity (Wildman–Crippen MR) is 74.2 cm³/mol. The molecule has 2 aromatic rings. The zero-order valence-corrected chi connectivity index (χ0v) is 11.3. The molecule has 1 aliphatic heterocycles. The number of carbonyl (C=O) groups excluding carboxylic acids is 1. The summed E-state index contributed by atoms with van der Waals surface area (Å²) in [5.41, 5.74) is 0.772. The van der Waals surface area contributed by atoms with Crippen LogP contribution in [0.2, 0.25) is 0 Å². The van der Waals surface area contributed by atoms with Crippen LogP contribution < -0.4 is 4.90 Å². The van der Waals surface area contributed by atoms with Crippen molar-refractivity contribution in [3.05, 3.63) is 30.8 Å². The average molecular weight is 272 g/mol. The fraction of sp³-hybridized carbons (Fsp3) is 0.357. The number of aromatic nitrogens is 2. The molecule has 0 N–H and O–H groups in total. The lowest BCUT2D eigenvalue weighted by atomic mass is 10.2. The minimum Gasteiger partial charge on any atom is -0.463 e. The smallest absolute Gasteiger partial charge is 0.219 e. The molecule has 3 heterocycles. The van der Waals surface area contributed by atoms with Gasteiger partial charge in [0.25, 0.3) is 0 Å². The lowest BCUT2D eigenvalue weighted by Gasteiger charge is -2.34. The van der Waals surface area contributed by atoms with Gasteiger partial charge in [-0.3, -0.25) is 4.79 Å². The van der Waals surface area contributed by atoms with Crippen LogP contribution >= 0.6 is 0 Å². The number of hydrogen-bond acceptors (Lipinski definition) is 5. The van der Waals surface area contributed by atoms with E-state index < -0.39 is 0 Å². The molecule has 1 aliphatic rings. The number of furan rings is 1. The molecule has 0 aliphatic carbocycles. The van der Waals surface area contributed by atoms with Gasteiger partial charge in [-0.05, 0) is 12.1 Å². The molecule has 20 heavy (non-hydrogen) atoms. The zero-order valence-electron chi connectivity index (χ0n) is 11.3. The number of piperazine rings is 1. The van der Waals surface area contributed by atoms with E-state index in [1.165, 1.54) is 0 Å². The van der Waals surface area contributed by atoms with Crippen LogP contribution in [-0.2, 0) is 4.79 Å². The van der Waals surface area contributed by atoms with Gasteiger partial charge >= 0.3 is 0 Å². The van der Waals surface area contributed by atoms with Crippen LogP contribution in [0, 0.1) is 0 Å². The van der Waals surface area contributed by atoms with Gasteiger partial charge in [-0.2, -0.15) is 0 Å². The molecule has 0 radical (unpaired) electrons. The van der Waals surface area contributed by atoms with Crippen LogP contribution in [-0.4, -0.2) is 47.0 Å². The summed E-state index contributed by atoms with van der Waals surface area (Å²) in [4.78, 5) is 23.9. The summed E-state index contributed by atoms with van der Waals surface area (Å²) < 4.78 is 5.35. The fourth-order valence-corrected chi connectivity index (χ4v) is 2.33. The van der Waals surface area contributed by atoms with E-state index in [4.69, 9.17) is 4.42 Å². The number of anilines is 1.